The van der Waals surface area contributed by atoms with Crippen LogP contribution in [0.15, 0.2) is 73.4 Å². The zero-order chi connectivity index (χ0) is 24.2. The highest BCUT2D eigenvalue weighted by Gasteiger charge is 2.12. The highest BCUT2D eigenvalue weighted by Crippen LogP contribution is 2.34. The summed E-state index contributed by atoms with van der Waals surface area (Å²) in [5.41, 5.74) is 3.40. The minimum atomic E-state index is -0.214. The van der Waals surface area contributed by atoms with E-state index in [1.165, 1.54) is 10.2 Å². The molecule has 0 aliphatic carbocycles. The van der Waals surface area contributed by atoms with Crippen LogP contribution < -0.4 is 10.3 Å². The number of aromatic nitrogens is 2. The largest absolute Gasteiger partial charge is 0.486 e. The molecule has 3 aromatic carbocycles. The molecule has 0 saturated carbocycles. The van der Waals surface area contributed by atoms with Gasteiger partial charge in [-0.3, -0.25) is 4.79 Å². The number of ether oxygens (including phenoxy) is 1. The third-order valence-corrected chi connectivity index (χ3v) is 6.52. The number of hydrogen-bond acceptors (Lipinski definition) is 4. The van der Waals surface area contributed by atoms with Gasteiger partial charge in [0.15, 0.2) is 5.75 Å². The van der Waals surface area contributed by atoms with Crippen LogP contribution in [-0.4, -0.2) is 15.9 Å². The Balaban J connectivity index is 1.64. The van der Waals surface area contributed by atoms with Gasteiger partial charge >= 0.3 is 0 Å². The van der Waals surface area contributed by atoms with Crippen molar-refractivity contribution < 1.29 is 4.74 Å². The van der Waals surface area contributed by atoms with Crippen molar-refractivity contribution in [3.05, 3.63) is 101 Å². The molecule has 1 heterocycles. The van der Waals surface area contributed by atoms with Crippen molar-refractivity contribution in [3.63, 3.8) is 0 Å². The third kappa shape index (κ3) is 5.59. The first kappa shape index (κ1) is 24.6. The van der Waals surface area contributed by atoms with Gasteiger partial charge in [-0.25, -0.2) is 4.98 Å². The number of hydrogen-bond donors (Lipinski definition) is 0. The van der Waals surface area contributed by atoms with Gasteiger partial charge in [-0.2, -0.15) is 9.78 Å². The smallest absolute Gasteiger partial charge is 0.282 e. The van der Waals surface area contributed by atoms with Crippen LogP contribution in [0.5, 0.6) is 5.75 Å². The lowest BCUT2D eigenvalue weighted by molar-refractivity contribution is 0.304. The summed E-state index contributed by atoms with van der Waals surface area (Å²) in [6.07, 6.45) is 3.08. The Labute approximate surface area is 219 Å². The maximum absolute atomic E-state index is 13.2. The van der Waals surface area contributed by atoms with Crippen LogP contribution in [0.2, 0.25) is 5.02 Å². The van der Waals surface area contributed by atoms with Crippen molar-refractivity contribution >= 4 is 60.6 Å². The number of fused-ring (bicyclic) bond motifs is 1. The predicted molar refractivity (Wildman–Crippen MR) is 145 cm³/mol. The standard InChI is InChI=1S/C26H22Br2ClN3O2/c1-3-5-24-31-23-9-8-19(27)13-20(23)26(33)32(24)30-14-18-11-21(28)25(22(29)12-18)34-15-17-7-4-6-16(2)10-17/h4,6-14H,3,5,15H2,1-2H3. The summed E-state index contributed by atoms with van der Waals surface area (Å²) in [6, 6.07) is 17.2. The van der Waals surface area contributed by atoms with Crippen molar-refractivity contribution in [2.45, 2.75) is 33.3 Å². The Morgan fingerprint density at radius 2 is 1.97 bits per heavy atom. The van der Waals surface area contributed by atoms with Crippen molar-refractivity contribution in [1.29, 1.82) is 0 Å². The average Bonchev–Trinajstić information content (AvgIpc) is 2.79. The maximum atomic E-state index is 13.2. The van der Waals surface area contributed by atoms with E-state index in [-0.39, 0.29) is 5.56 Å². The monoisotopic (exact) mass is 601 g/mol. The Kier molecular flexibility index (Phi) is 7.86. The topological polar surface area (TPSA) is 56.5 Å². The minimum absolute atomic E-state index is 0.214. The number of benzene rings is 3. The summed E-state index contributed by atoms with van der Waals surface area (Å²) in [5, 5.41) is 5.42. The lowest BCUT2D eigenvalue weighted by Gasteiger charge is -2.12. The maximum Gasteiger partial charge on any atom is 0.282 e. The van der Waals surface area contributed by atoms with Crippen LogP contribution in [0.1, 0.15) is 35.9 Å². The lowest BCUT2D eigenvalue weighted by Crippen LogP contribution is -2.22. The van der Waals surface area contributed by atoms with Crippen LogP contribution in [0, 0.1) is 6.92 Å². The highest BCUT2D eigenvalue weighted by molar-refractivity contribution is 9.10. The summed E-state index contributed by atoms with van der Waals surface area (Å²) >= 11 is 13.5. The van der Waals surface area contributed by atoms with E-state index in [1.807, 2.05) is 50.2 Å². The van der Waals surface area contributed by atoms with Crippen LogP contribution in [0.25, 0.3) is 10.9 Å². The summed E-state index contributed by atoms with van der Waals surface area (Å²) in [7, 11) is 0. The predicted octanol–water partition coefficient (Wildman–Crippen LogP) is 7.30. The highest BCUT2D eigenvalue weighted by atomic mass is 79.9. The first-order valence-electron chi connectivity index (χ1n) is 10.8. The number of nitrogens with zero attached hydrogens (tertiary/aromatic N) is 3. The molecule has 0 unspecified atom stereocenters. The fourth-order valence-electron chi connectivity index (χ4n) is 3.57. The molecule has 0 bridgehead atoms. The molecule has 0 aliphatic rings. The van der Waals surface area contributed by atoms with Gasteiger partial charge < -0.3 is 4.74 Å². The molecule has 0 amide bonds. The fraction of sp³-hybridized carbons (Fsp3) is 0.192. The molecule has 8 heteroatoms. The van der Waals surface area contributed by atoms with Crippen LogP contribution in [-0.2, 0) is 13.0 Å². The molecule has 174 valence electrons. The van der Waals surface area contributed by atoms with Gasteiger partial charge in [-0.1, -0.05) is 64.3 Å². The van der Waals surface area contributed by atoms with Gasteiger partial charge in [-0.05, 0) is 70.7 Å². The van der Waals surface area contributed by atoms with Crippen molar-refractivity contribution in [2.75, 3.05) is 0 Å². The summed E-state index contributed by atoms with van der Waals surface area (Å²) in [4.78, 5) is 17.8. The molecule has 0 spiro atoms. The third-order valence-electron chi connectivity index (χ3n) is 5.16. The Hall–Kier alpha value is -2.48. The molecule has 4 rings (SSSR count). The number of halogens is 3. The average molecular weight is 604 g/mol. The van der Waals surface area contributed by atoms with Gasteiger partial charge in [0, 0.05) is 10.9 Å². The SMILES string of the molecule is CCCc1nc2ccc(Br)cc2c(=O)n1N=Cc1cc(Cl)c(OCc2cccc(C)c2)c(Br)c1. The van der Waals surface area contributed by atoms with Crippen LogP contribution in [0.3, 0.4) is 0 Å². The second-order valence-corrected chi connectivity index (χ2v) is 10.1. The van der Waals surface area contributed by atoms with E-state index >= 15 is 0 Å². The van der Waals surface area contributed by atoms with Gasteiger partial charge in [0.05, 0.1) is 26.6 Å². The van der Waals surface area contributed by atoms with E-state index in [1.54, 1.807) is 18.3 Å². The Morgan fingerprint density at radius 3 is 2.71 bits per heavy atom. The van der Waals surface area contributed by atoms with Gasteiger partial charge in [0.25, 0.3) is 5.56 Å². The molecule has 0 atom stereocenters. The second-order valence-electron chi connectivity index (χ2n) is 7.89. The van der Waals surface area contributed by atoms with E-state index in [4.69, 9.17) is 16.3 Å². The second kappa shape index (κ2) is 10.8. The van der Waals surface area contributed by atoms with E-state index < -0.39 is 0 Å². The summed E-state index contributed by atoms with van der Waals surface area (Å²) in [6.45, 7) is 4.49. The Bertz CT molecular complexity index is 1430. The summed E-state index contributed by atoms with van der Waals surface area (Å²) < 4.78 is 8.85. The van der Waals surface area contributed by atoms with Crippen molar-refractivity contribution in [3.8, 4) is 5.75 Å². The summed E-state index contributed by atoms with van der Waals surface area (Å²) in [5.74, 6) is 1.17. The van der Waals surface area contributed by atoms with Gasteiger partial charge in [0.2, 0.25) is 0 Å². The van der Waals surface area contributed by atoms with Crippen LogP contribution in [0.4, 0.5) is 0 Å². The van der Waals surface area contributed by atoms with Crippen molar-refractivity contribution in [2.24, 2.45) is 5.10 Å². The number of rotatable bonds is 7. The molecule has 0 fully saturated rings. The minimum Gasteiger partial charge on any atom is -0.486 e. The fourth-order valence-corrected chi connectivity index (χ4v) is 4.92. The van der Waals surface area contributed by atoms with E-state index in [0.29, 0.717) is 45.0 Å². The molecule has 1 aromatic heterocycles. The Morgan fingerprint density at radius 1 is 1.15 bits per heavy atom. The van der Waals surface area contributed by atoms with Crippen molar-refractivity contribution in [1.82, 2.24) is 9.66 Å². The zero-order valence-electron chi connectivity index (χ0n) is 18.7. The first-order chi connectivity index (χ1) is 16.4. The first-order valence-corrected chi connectivity index (χ1v) is 12.7. The molecule has 0 saturated heterocycles. The molecular weight excluding hydrogens is 582 g/mol. The lowest BCUT2D eigenvalue weighted by atomic mass is 10.1. The van der Waals surface area contributed by atoms with Gasteiger partial charge in [-0.15, -0.1) is 0 Å². The molecule has 0 aliphatic heterocycles. The van der Waals surface area contributed by atoms with E-state index in [0.717, 1.165) is 22.0 Å². The van der Waals surface area contributed by atoms with E-state index in [9.17, 15) is 4.79 Å². The van der Waals surface area contributed by atoms with Gasteiger partial charge in [0.1, 0.15) is 12.4 Å². The normalized spacial score (nSPS) is 11.4. The molecule has 5 nitrogen and oxygen atoms in total. The van der Waals surface area contributed by atoms with Crippen LogP contribution >= 0.6 is 43.5 Å². The molecule has 34 heavy (non-hydrogen) atoms. The molecule has 4 aromatic rings. The number of aryl methyl sites for hydroxylation is 2. The molecule has 0 N–H and O–H groups in total. The molecule has 0 radical (unpaired) electrons. The molecular formula is C26H22Br2ClN3O2. The zero-order valence-corrected chi connectivity index (χ0v) is 22.6. The van der Waals surface area contributed by atoms with E-state index in [2.05, 4.69) is 48.0 Å². The quantitative estimate of drug-likeness (QED) is 0.208.